The van der Waals surface area contributed by atoms with Gasteiger partial charge in [0.15, 0.2) is 5.16 Å². The van der Waals surface area contributed by atoms with Gasteiger partial charge in [-0.1, -0.05) is 54.2 Å². The largest absolute Gasteiger partial charge is 0.378 e. The monoisotopic (exact) mass is 441 g/mol. The summed E-state index contributed by atoms with van der Waals surface area (Å²) in [5, 5.41) is 12.3. The van der Waals surface area contributed by atoms with Crippen LogP contribution in [0.4, 0.5) is 10.3 Å². The molecule has 9 heteroatoms. The van der Waals surface area contributed by atoms with Crippen molar-refractivity contribution in [2.75, 3.05) is 37.0 Å². The first-order valence-electron chi connectivity index (χ1n) is 10.1. The molecule has 0 unspecified atom stereocenters. The third-order valence-electron chi connectivity index (χ3n) is 4.91. The van der Waals surface area contributed by atoms with Gasteiger partial charge in [-0.15, -0.1) is 10.2 Å². The average Bonchev–Trinajstić information content (AvgIpc) is 3.21. The number of halogens is 1. The van der Waals surface area contributed by atoms with Crippen molar-refractivity contribution in [2.45, 2.75) is 18.2 Å². The molecule has 4 rings (SSSR count). The maximum absolute atomic E-state index is 13.0. The second-order valence-corrected chi connectivity index (χ2v) is 8.09. The van der Waals surface area contributed by atoms with Crippen molar-refractivity contribution in [3.8, 4) is 0 Å². The van der Waals surface area contributed by atoms with Gasteiger partial charge >= 0.3 is 0 Å². The third-order valence-corrected chi connectivity index (χ3v) is 5.88. The van der Waals surface area contributed by atoms with E-state index in [0.29, 0.717) is 31.5 Å². The Morgan fingerprint density at radius 2 is 1.77 bits per heavy atom. The average molecular weight is 442 g/mol. The minimum absolute atomic E-state index is 0.114. The molecule has 1 amide bonds. The molecule has 3 aromatic rings. The molecule has 7 nitrogen and oxygen atoms in total. The van der Waals surface area contributed by atoms with E-state index in [4.69, 9.17) is 4.74 Å². The lowest BCUT2D eigenvalue weighted by Gasteiger charge is -2.28. The zero-order valence-corrected chi connectivity index (χ0v) is 17.9. The molecule has 162 valence electrons. The highest BCUT2D eigenvalue weighted by Gasteiger charge is 2.21. The Labute approximate surface area is 184 Å². The molecule has 2 heterocycles. The molecule has 1 aliphatic heterocycles. The highest BCUT2D eigenvalue weighted by atomic mass is 32.2. The standard InChI is InChI=1S/C22H24FN5O2S/c23-19-8-6-17(7-9-19)14-24-20(29)16-31-22-26-25-21(27-10-12-30-13-11-27)28(22)15-18-4-2-1-3-5-18/h1-9H,10-16H2,(H,24,29). The van der Waals surface area contributed by atoms with Crippen LogP contribution in [0.1, 0.15) is 11.1 Å². The minimum atomic E-state index is -0.292. The molecule has 1 N–H and O–H groups in total. The molecule has 0 saturated carbocycles. The van der Waals surface area contributed by atoms with E-state index in [9.17, 15) is 9.18 Å². The van der Waals surface area contributed by atoms with Crippen LogP contribution < -0.4 is 10.2 Å². The van der Waals surface area contributed by atoms with E-state index in [0.717, 1.165) is 30.2 Å². The van der Waals surface area contributed by atoms with E-state index in [1.807, 2.05) is 18.2 Å². The lowest BCUT2D eigenvalue weighted by Crippen LogP contribution is -2.38. The van der Waals surface area contributed by atoms with Crippen LogP contribution >= 0.6 is 11.8 Å². The van der Waals surface area contributed by atoms with Crippen LogP contribution in [-0.2, 0) is 22.6 Å². The van der Waals surface area contributed by atoms with E-state index in [1.54, 1.807) is 12.1 Å². The van der Waals surface area contributed by atoms with Gasteiger partial charge in [0.1, 0.15) is 5.82 Å². The number of hydrogen-bond acceptors (Lipinski definition) is 6. The van der Waals surface area contributed by atoms with Crippen molar-refractivity contribution in [1.29, 1.82) is 0 Å². The summed E-state index contributed by atoms with van der Waals surface area (Å²) in [5.41, 5.74) is 1.99. The van der Waals surface area contributed by atoms with Gasteiger partial charge in [0.05, 0.1) is 25.5 Å². The van der Waals surface area contributed by atoms with Gasteiger partial charge in [-0.05, 0) is 23.3 Å². The Morgan fingerprint density at radius 1 is 1.03 bits per heavy atom. The highest BCUT2D eigenvalue weighted by Crippen LogP contribution is 2.24. The van der Waals surface area contributed by atoms with Gasteiger partial charge in [0.25, 0.3) is 0 Å². The summed E-state index contributed by atoms with van der Waals surface area (Å²) < 4.78 is 20.5. The summed E-state index contributed by atoms with van der Waals surface area (Å²) in [6.07, 6.45) is 0. The molecule has 0 aliphatic carbocycles. The second kappa shape index (κ2) is 10.4. The number of ether oxygens (including phenoxy) is 1. The molecule has 0 atom stereocenters. The summed E-state index contributed by atoms with van der Waals surface area (Å²) in [4.78, 5) is 14.5. The smallest absolute Gasteiger partial charge is 0.230 e. The number of nitrogens with one attached hydrogen (secondary N) is 1. The number of anilines is 1. The summed E-state index contributed by atoms with van der Waals surface area (Å²) in [5.74, 6) is 0.606. The quantitative estimate of drug-likeness (QED) is 0.542. The molecular weight excluding hydrogens is 417 g/mol. The molecule has 1 saturated heterocycles. The van der Waals surface area contributed by atoms with Gasteiger partial charge in [0.2, 0.25) is 11.9 Å². The Hall–Kier alpha value is -2.91. The summed E-state index contributed by atoms with van der Waals surface area (Å²) >= 11 is 1.36. The van der Waals surface area contributed by atoms with Crippen LogP contribution in [0.25, 0.3) is 0 Å². The topological polar surface area (TPSA) is 72.3 Å². The van der Waals surface area contributed by atoms with Gasteiger partial charge in [-0.25, -0.2) is 4.39 Å². The Morgan fingerprint density at radius 3 is 2.52 bits per heavy atom. The van der Waals surface area contributed by atoms with E-state index in [1.165, 1.54) is 23.9 Å². The number of thioether (sulfide) groups is 1. The van der Waals surface area contributed by atoms with Crippen molar-refractivity contribution in [1.82, 2.24) is 20.1 Å². The van der Waals surface area contributed by atoms with Crippen molar-refractivity contribution < 1.29 is 13.9 Å². The van der Waals surface area contributed by atoms with Crippen LogP contribution in [0.15, 0.2) is 59.8 Å². The van der Waals surface area contributed by atoms with Crippen LogP contribution in [0.5, 0.6) is 0 Å². The van der Waals surface area contributed by atoms with Crippen molar-refractivity contribution in [3.63, 3.8) is 0 Å². The lowest BCUT2D eigenvalue weighted by atomic mass is 10.2. The van der Waals surface area contributed by atoms with E-state index in [2.05, 4.69) is 37.1 Å². The first kappa shape index (κ1) is 21.3. The number of benzene rings is 2. The number of rotatable bonds is 8. The van der Waals surface area contributed by atoms with Gasteiger partial charge in [0, 0.05) is 19.6 Å². The Balaban J connectivity index is 1.42. The summed E-state index contributed by atoms with van der Waals surface area (Å²) in [7, 11) is 0. The first-order valence-corrected chi connectivity index (χ1v) is 11.1. The molecule has 0 spiro atoms. The number of morpholine rings is 1. The van der Waals surface area contributed by atoms with Gasteiger partial charge < -0.3 is 15.0 Å². The Kier molecular flexibility index (Phi) is 7.16. The zero-order valence-electron chi connectivity index (χ0n) is 17.0. The minimum Gasteiger partial charge on any atom is -0.378 e. The molecule has 1 fully saturated rings. The number of hydrogen-bond donors (Lipinski definition) is 1. The van der Waals surface area contributed by atoms with Crippen LogP contribution in [0.2, 0.25) is 0 Å². The number of amides is 1. The fourth-order valence-electron chi connectivity index (χ4n) is 3.27. The van der Waals surface area contributed by atoms with E-state index in [-0.39, 0.29) is 17.5 Å². The molecule has 0 bridgehead atoms. The summed E-state index contributed by atoms with van der Waals surface area (Å²) in [6, 6.07) is 16.2. The molecule has 0 radical (unpaired) electrons. The molecule has 1 aliphatic rings. The van der Waals surface area contributed by atoms with Gasteiger partial charge in [-0.3, -0.25) is 9.36 Å². The van der Waals surface area contributed by atoms with Crippen LogP contribution in [0, 0.1) is 5.82 Å². The van der Waals surface area contributed by atoms with E-state index >= 15 is 0 Å². The SMILES string of the molecule is O=C(CSc1nnc(N2CCOCC2)n1Cc1ccccc1)NCc1ccc(F)cc1. The number of aromatic nitrogens is 3. The highest BCUT2D eigenvalue weighted by molar-refractivity contribution is 7.99. The predicted octanol–water partition coefficient (Wildman–Crippen LogP) is 2.71. The van der Waals surface area contributed by atoms with Crippen molar-refractivity contribution in [2.24, 2.45) is 0 Å². The number of carbonyl (C=O) groups excluding carboxylic acids is 1. The zero-order chi connectivity index (χ0) is 21.5. The van der Waals surface area contributed by atoms with Crippen molar-refractivity contribution >= 4 is 23.6 Å². The maximum atomic E-state index is 13.0. The van der Waals surface area contributed by atoms with Crippen molar-refractivity contribution in [3.05, 3.63) is 71.5 Å². The van der Waals surface area contributed by atoms with Crippen LogP contribution in [0.3, 0.4) is 0 Å². The molecule has 1 aromatic heterocycles. The molecular formula is C22H24FN5O2S. The lowest BCUT2D eigenvalue weighted by molar-refractivity contribution is -0.118. The fourth-order valence-corrected chi connectivity index (χ4v) is 4.04. The number of carbonyl (C=O) groups is 1. The third kappa shape index (κ3) is 5.83. The fraction of sp³-hybridized carbons (Fsp3) is 0.318. The maximum Gasteiger partial charge on any atom is 0.230 e. The normalized spacial score (nSPS) is 13.9. The first-order chi connectivity index (χ1) is 15.2. The number of nitrogens with zero attached hydrogens (tertiary/aromatic N) is 4. The van der Waals surface area contributed by atoms with Gasteiger partial charge in [-0.2, -0.15) is 0 Å². The second-order valence-electron chi connectivity index (χ2n) is 7.15. The van der Waals surface area contributed by atoms with E-state index < -0.39 is 0 Å². The Bertz CT molecular complexity index is 991. The molecule has 2 aromatic carbocycles. The van der Waals surface area contributed by atoms with Crippen LogP contribution in [-0.4, -0.2) is 52.7 Å². The predicted molar refractivity (Wildman–Crippen MR) is 118 cm³/mol. The molecule has 31 heavy (non-hydrogen) atoms. The summed E-state index contributed by atoms with van der Waals surface area (Å²) in [6.45, 7) is 3.82.